The van der Waals surface area contributed by atoms with Gasteiger partial charge in [-0.1, -0.05) is 6.07 Å². The topological polar surface area (TPSA) is 88.3 Å². The molecular formula is C18H22Cl2N4O2. The molecule has 0 saturated carbocycles. The number of amides is 2. The van der Waals surface area contributed by atoms with Crippen LogP contribution < -0.4 is 11.1 Å². The van der Waals surface area contributed by atoms with Crippen molar-refractivity contribution in [3.05, 3.63) is 59.9 Å². The highest BCUT2D eigenvalue weighted by Crippen LogP contribution is 2.21. The predicted octanol–water partition coefficient (Wildman–Crippen LogP) is 2.74. The second kappa shape index (κ2) is 10.1. The maximum Gasteiger partial charge on any atom is 0.257 e. The van der Waals surface area contributed by atoms with Crippen molar-refractivity contribution in [2.75, 3.05) is 18.4 Å². The van der Waals surface area contributed by atoms with Crippen molar-refractivity contribution in [3.8, 4) is 0 Å². The summed E-state index contributed by atoms with van der Waals surface area (Å²) in [6.07, 6.45) is 5.03. The molecule has 1 aliphatic heterocycles. The summed E-state index contributed by atoms with van der Waals surface area (Å²) in [5.41, 5.74) is 7.35. The molecule has 0 bridgehead atoms. The molecular weight excluding hydrogens is 375 g/mol. The Bertz CT molecular complexity index is 743. The number of carbonyl (C=O) groups excluding carboxylic acids is 2. The van der Waals surface area contributed by atoms with Crippen LogP contribution in [0.4, 0.5) is 5.69 Å². The van der Waals surface area contributed by atoms with Gasteiger partial charge in [-0.05, 0) is 43.2 Å². The standard InChI is InChI=1S/C18H20N4O2.2ClH/c19-11-16-7-3-9-22(16)18(24)13-4-1-6-15(10-13)21-17(23)14-5-2-8-20-12-14;;/h1-2,4-6,8,10,12,16H,3,7,9,11,19H2,(H,21,23);2*1H. The van der Waals surface area contributed by atoms with E-state index in [4.69, 9.17) is 5.73 Å². The molecule has 1 aromatic heterocycles. The van der Waals surface area contributed by atoms with Gasteiger partial charge in [-0.15, -0.1) is 24.8 Å². The first-order valence-corrected chi connectivity index (χ1v) is 8.01. The van der Waals surface area contributed by atoms with E-state index in [2.05, 4.69) is 10.3 Å². The number of pyridine rings is 1. The molecule has 140 valence electrons. The van der Waals surface area contributed by atoms with E-state index in [1.54, 1.807) is 42.6 Å². The largest absolute Gasteiger partial charge is 0.334 e. The van der Waals surface area contributed by atoms with Gasteiger partial charge in [0.25, 0.3) is 11.8 Å². The summed E-state index contributed by atoms with van der Waals surface area (Å²) < 4.78 is 0. The molecule has 0 spiro atoms. The summed E-state index contributed by atoms with van der Waals surface area (Å²) in [5, 5.41) is 2.79. The Hall–Kier alpha value is -2.15. The first-order chi connectivity index (χ1) is 11.7. The molecule has 2 heterocycles. The van der Waals surface area contributed by atoms with Crippen LogP contribution in [0, 0.1) is 0 Å². The molecule has 1 aromatic carbocycles. The van der Waals surface area contributed by atoms with Gasteiger partial charge in [-0.3, -0.25) is 14.6 Å². The van der Waals surface area contributed by atoms with Crippen LogP contribution in [0.2, 0.25) is 0 Å². The summed E-state index contributed by atoms with van der Waals surface area (Å²) in [6.45, 7) is 1.20. The first kappa shape index (κ1) is 21.9. The Morgan fingerprint density at radius 3 is 2.65 bits per heavy atom. The average Bonchev–Trinajstić information content (AvgIpc) is 3.10. The number of anilines is 1. The van der Waals surface area contributed by atoms with Gasteiger partial charge in [0.1, 0.15) is 0 Å². The summed E-state index contributed by atoms with van der Waals surface area (Å²) >= 11 is 0. The lowest BCUT2D eigenvalue weighted by Crippen LogP contribution is -2.39. The van der Waals surface area contributed by atoms with Crippen molar-refractivity contribution in [3.63, 3.8) is 0 Å². The number of halogens is 2. The van der Waals surface area contributed by atoms with Gasteiger partial charge in [-0.2, -0.15) is 0 Å². The van der Waals surface area contributed by atoms with Crippen molar-refractivity contribution in [2.45, 2.75) is 18.9 Å². The minimum absolute atomic E-state index is 0. The fraction of sp³-hybridized carbons (Fsp3) is 0.278. The molecule has 8 heteroatoms. The number of hydrogen-bond donors (Lipinski definition) is 2. The summed E-state index contributed by atoms with van der Waals surface area (Å²) in [5.74, 6) is -0.297. The van der Waals surface area contributed by atoms with E-state index < -0.39 is 0 Å². The molecule has 1 saturated heterocycles. The highest BCUT2D eigenvalue weighted by Gasteiger charge is 2.28. The van der Waals surface area contributed by atoms with Crippen LogP contribution in [0.15, 0.2) is 48.8 Å². The molecule has 3 N–H and O–H groups in total. The van der Waals surface area contributed by atoms with Crippen LogP contribution in [0.3, 0.4) is 0 Å². The molecule has 0 radical (unpaired) electrons. The van der Waals surface area contributed by atoms with E-state index in [9.17, 15) is 9.59 Å². The van der Waals surface area contributed by atoms with Crippen LogP contribution in [0.1, 0.15) is 33.6 Å². The maximum atomic E-state index is 12.7. The summed E-state index contributed by atoms with van der Waals surface area (Å²) in [7, 11) is 0. The van der Waals surface area contributed by atoms with E-state index in [0.717, 1.165) is 19.4 Å². The highest BCUT2D eigenvalue weighted by molar-refractivity contribution is 6.05. The van der Waals surface area contributed by atoms with Crippen LogP contribution in [0.5, 0.6) is 0 Å². The van der Waals surface area contributed by atoms with Crippen LogP contribution in [0.25, 0.3) is 0 Å². The quantitative estimate of drug-likeness (QED) is 0.831. The second-order valence-electron chi connectivity index (χ2n) is 5.81. The molecule has 1 atom stereocenters. The van der Waals surface area contributed by atoms with Crippen molar-refractivity contribution in [1.29, 1.82) is 0 Å². The van der Waals surface area contributed by atoms with Crippen LogP contribution in [-0.4, -0.2) is 40.8 Å². The minimum atomic E-state index is -0.256. The normalized spacial score (nSPS) is 15.6. The van der Waals surface area contributed by atoms with Gasteiger partial charge < -0.3 is 16.0 Å². The van der Waals surface area contributed by atoms with Crippen LogP contribution >= 0.6 is 24.8 Å². The Kier molecular flexibility index (Phi) is 8.51. The second-order valence-corrected chi connectivity index (χ2v) is 5.81. The SMILES string of the molecule is Cl.Cl.NCC1CCCN1C(=O)c1cccc(NC(=O)c2cccnc2)c1. The lowest BCUT2D eigenvalue weighted by Gasteiger charge is -2.23. The van der Waals surface area contributed by atoms with E-state index in [-0.39, 0.29) is 42.7 Å². The smallest absolute Gasteiger partial charge is 0.257 e. The first-order valence-electron chi connectivity index (χ1n) is 8.01. The molecule has 1 fully saturated rings. The Labute approximate surface area is 165 Å². The molecule has 3 rings (SSSR count). The van der Waals surface area contributed by atoms with E-state index in [1.165, 1.54) is 6.20 Å². The average molecular weight is 397 g/mol. The highest BCUT2D eigenvalue weighted by atomic mass is 35.5. The number of hydrogen-bond acceptors (Lipinski definition) is 4. The lowest BCUT2D eigenvalue weighted by atomic mass is 10.1. The number of nitrogens with zero attached hydrogens (tertiary/aromatic N) is 2. The Morgan fingerprint density at radius 1 is 1.19 bits per heavy atom. The van der Waals surface area contributed by atoms with Crippen molar-refractivity contribution in [2.24, 2.45) is 5.73 Å². The monoisotopic (exact) mass is 396 g/mol. The number of nitrogens with one attached hydrogen (secondary N) is 1. The van der Waals surface area contributed by atoms with Gasteiger partial charge in [0.15, 0.2) is 0 Å². The fourth-order valence-electron chi connectivity index (χ4n) is 2.94. The van der Waals surface area contributed by atoms with E-state index >= 15 is 0 Å². The maximum absolute atomic E-state index is 12.7. The third kappa shape index (κ3) is 4.94. The number of likely N-dealkylation sites (tertiary alicyclic amines) is 1. The third-order valence-corrected chi connectivity index (χ3v) is 4.20. The lowest BCUT2D eigenvalue weighted by molar-refractivity contribution is 0.0741. The molecule has 26 heavy (non-hydrogen) atoms. The predicted molar refractivity (Wildman–Crippen MR) is 106 cm³/mol. The summed E-state index contributed by atoms with van der Waals surface area (Å²) in [6, 6.07) is 10.5. The molecule has 1 unspecified atom stereocenters. The van der Waals surface area contributed by atoms with Crippen molar-refractivity contribution < 1.29 is 9.59 Å². The third-order valence-electron chi connectivity index (χ3n) is 4.20. The minimum Gasteiger partial charge on any atom is -0.334 e. The van der Waals surface area contributed by atoms with Crippen molar-refractivity contribution >= 4 is 42.3 Å². The number of rotatable bonds is 4. The molecule has 6 nitrogen and oxygen atoms in total. The number of benzene rings is 1. The van der Waals surface area contributed by atoms with Gasteiger partial charge >= 0.3 is 0 Å². The van der Waals surface area contributed by atoms with E-state index in [1.807, 2.05) is 4.90 Å². The number of aromatic nitrogens is 1. The Morgan fingerprint density at radius 2 is 1.96 bits per heavy atom. The molecule has 2 aromatic rings. The zero-order valence-electron chi connectivity index (χ0n) is 14.1. The van der Waals surface area contributed by atoms with Gasteiger partial charge in [0, 0.05) is 42.8 Å². The van der Waals surface area contributed by atoms with Crippen molar-refractivity contribution in [1.82, 2.24) is 9.88 Å². The zero-order valence-corrected chi connectivity index (χ0v) is 15.8. The Balaban J connectivity index is 0.00000169. The van der Waals surface area contributed by atoms with Gasteiger partial charge in [0.2, 0.25) is 0 Å². The molecule has 0 aliphatic carbocycles. The number of carbonyl (C=O) groups is 2. The van der Waals surface area contributed by atoms with Gasteiger partial charge in [-0.25, -0.2) is 0 Å². The summed E-state index contributed by atoms with van der Waals surface area (Å²) in [4.78, 5) is 30.6. The van der Waals surface area contributed by atoms with Gasteiger partial charge in [0.05, 0.1) is 5.56 Å². The fourth-order valence-corrected chi connectivity index (χ4v) is 2.94. The zero-order chi connectivity index (χ0) is 16.9. The van der Waals surface area contributed by atoms with E-state index in [0.29, 0.717) is 23.4 Å². The molecule has 2 amide bonds. The van der Waals surface area contributed by atoms with Crippen LogP contribution in [-0.2, 0) is 0 Å². The number of nitrogens with two attached hydrogens (primary N) is 1. The molecule has 1 aliphatic rings.